The molecule has 39 heavy (non-hydrogen) atoms. The molecule has 4 atom stereocenters. The summed E-state index contributed by atoms with van der Waals surface area (Å²) in [5.41, 5.74) is 4.99. The van der Waals surface area contributed by atoms with Crippen molar-refractivity contribution in [2.45, 2.75) is 38.7 Å². The second-order valence-electron chi connectivity index (χ2n) is 9.97. The van der Waals surface area contributed by atoms with E-state index < -0.39 is 25.0 Å². The first-order chi connectivity index (χ1) is 18.8. The minimum atomic E-state index is -3.77. The summed E-state index contributed by atoms with van der Waals surface area (Å²) in [5.74, 6) is -1.93. The number of carbonyl (C=O) groups excluding carboxylic acids is 1. The maximum atomic E-state index is 13.6. The molecular weight excluding hydrogens is 505 g/mol. The van der Waals surface area contributed by atoms with Crippen LogP contribution in [-0.2, 0) is 27.1 Å². The molecule has 0 saturated carbocycles. The first-order valence-electron chi connectivity index (χ1n) is 13.3. The maximum Gasteiger partial charge on any atom is 0.310 e. The van der Waals surface area contributed by atoms with Crippen molar-refractivity contribution < 1.29 is 19.0 Å². The quantitative estimate of drug-likeness (QED) is 0.146. The predicted octanol–water partition coefficient (Wildman–Crippen LogP) is 7.22. The number of carbonyl (C=O) groups is 1. The fourth-order valence-corrected chi connectivity index (χ4v) is 6.29. The Balaban J connectivity index is 1.48. The minimum absolute atomic E-state index is 0.115. The first-order valence-corrected chi connectivity index (χ1v) is 15.2. The van der Waals surface area contributed by atoms with Crippen LogP contribution in [0.2, 0.25) is 0 Å². The van der Waals surface area contributed by atoms with E-state index in [0.29, 0.717) is 6.42 Å². The Labute approximate surface area is 231 Å². The van der Waals surface area contributed by atoms with E-state index in [1.165, 1.54) is 0 Å². The highest BCUT2D eigenvalue weighted by Crippen LogP contribution is 2.48. The lowest BCUT2D eigenvalue weighted by Gasteiger charge is -2.27. The zero-order valence-electron chi connectivity index (χ0n) is 22.4. The van der Waals surface area contributed by atoms with E-state index in [0.717, 1.165) is 27.8 Å². The molecule has 0 aliphatic heterocycles. The third-order valence-electron chi connectivity index (χ3n) is 6.98. The normalized spacial score (nSPS) is 15.1. The standard InChI is InChI=1S/C33H36NO4P/c1-25(29-14-8-4-9-15-29)34-26(2)39(36,37)24-32(33(35)38-23-28-12-6-3-7-13-28)22-27-18-20-31(21-19-27)30-16-10-5-11-17-30/h3-21,25-26,32,34H,22-24H2,1-2H3,(H,36,37)/t25-,26+,32+/m0/s1. The molecule has 0 aromatic heterocycles. The Morgan fingerprint density at radius 2 is 1.31 bits per heavy atom. The molecule has 0 aliphatic rings. The van der Waals surface area contributed by atoms with Crippen molar-refractivity contribution in [3.05, 3.63) is 132 Å². The minimum Gasteiger partial charge on any atom is -0.461 e. The number of hydrogen-bond acceptors (Lipinski definition) is 4. The lowest BCUT2D eigenvalue weighted by Crippen LogP contribution is -2.32. The SMILES string of the molecule is C[C@H](N[C@@H](C)P(=O)(O)C[C@@H](Cc1ccc(-c2ccccc2)cc1)C(=O)OCc1ccccc1)c1ccccc1. The summed E-state index contributed by atoms with van der Waals surface area (Å²) in [6, 6.07) is 37.2. The molecule has 0 heterocycles. The fraction of sp³-hybridized carbons (Fsp3) is 0.242. The summed E-state index contributed by atoms with van der Waals surface area (Å²) in [7, 11) is -3.77. The van der Waals surface area contributed by atoms with Gasteiger partial charge in [0.15, 0.2) is 0 Å². The first kappa shape index (κ1) is 28.5. The number of nitrogens with one attached hydrogen (secondary N) is 1. The van der Waals surface area contributed by atoms with E-state index in [2.05, 4.69) is 5.32 Å². The third-order valence-corrected chi connectivity index (χ3v) is 9.30. The van der Waals surface area contributed by atoms with Crippen LogP contribution in [0.3, 0.4) is 0 Å². The van der Waals surface area contributed by atoms with Crippen LogP contribution in [-0.4, -0.2) is 22.8 Å². The lowest BCUT2D eigenvalue weighted by molar-refractivity contribution is -0.149. The average Bonchev–Trinajstić information content (AvgIpc) is 2.97. The van der Waals surface area contributed by atoms with Gasteiger partial charge in [0.05, 0.1) is 11.7 Å². The fourth-order valence-electron chi connectivity index (χ4n) is 4.61. The van der Waals surface area contributed by atoms with Gasteiger partial charge in [-0.25, -0.2) is 0 Å². The van der Waals surface area contributed by atoms with Crippen molar-refractivity contribution in [1.82, 2.24) is 5.32 Å². The third kappa shape index (κ3) is 8.24. The average molecular weight is 542 g/mol. The van der Waals surface area contributed by atoms with Crippen LogP contribution >= 0.6 is 7.37 Å². The Kier molecular flexibility index (Phi) is 9.89. The second kappa shape index (κ2) is 13.5. The summed E-state index contributed by atoms with van der Waals surface area (Å²) in [6.45, 7) is 3.80. The largest absolute Gasteiger partial charge is 0.461 e. The van der Waals surface area contributed by atoms with E-state index in [-0.39, 0.29) is 18.8 Å². The van der Waals surface area contributed by atoms with E-state index >= 15 is 0 Å². The molecule has 0 fully saturated rings. The van der Waals surface area contributed by atoms with Gasteiger partial charge in [-0.2, -0.15) is 0 Å². The van der Waals surface area contributed by atoms with Crippen molar-refractivity contribution in [3.8, 4) is 11.1 Å². The number of rotatable bonds is 12. The van der Waals surface area contributed by atoms with Crippen LogP contribution in [0.5, 0.6) is 0 Å². The molecule has 0 spiro atoms. The van der Waals surface area contributed by atoms with Gasteiger partial charge in [-0.05, 0) is 48.1 Å². The van der Waals surface area contributed by atoms with Crippen LogP contribution in [0.15, 0.2) is 115 Å². The highest BCUT2D eigenvalue weighted by Gasteiger charge is 2.35. The number of esters is 1. The van der Waals surface area contributed by atoms with Gasteiger partial charge in [0.1, 0.15) is 6.61 Å². The summed E-state index contributed by atoms with van der Waals surface area (Å²) >= 11 is 0. The zero-order chi connectivity index (χ0) is 27.7. The predicted molar refractivity (Wildman–Crippen MR) is 157 cm³/mol. The van der Waals surface area contributed by atoms with Gasteiger partial charge >= 0.3 is 5.97 Å². The van der Waals surface area contributed by atoms with Crippen molar-refractivity contribution in [2.24, 2.45) is 5.92 Å². The number of hydrogen-bond donors (Lipinski definition) is 2. The molecule has 1 unspecified atom stereocenters. The Bertz CT molecular complexity index is 1360. The molecule has 0 bridgehead atoms. The molecule has 0 radical (unpaired) electrons. The topological polar surface area (TPSA) is 75.6 Å². The molecule has 6 heteroatoms. The van der Waals surface area contributed by atoms with E-state index in [9.17, 15) is 14.3 Å². The van der Waals surface area contributed by atoms with Gasteiger partial charge in [0.25, 0.3) is 0 Å². The molecule has 0 saturated heterocycles. The van der Waals surface area contributed by atoms with Gasteiger partial charge in [-0.1, -0.05) is 115 Å². The van der Waals surface area contributed by atoms with Crippen LogP contribution in [0, 0.1) is 5.92 Å². The summed E-state index contributed by atoms with van der Waals surface area (Å²) in [6.07, 6.45) is 0.144. The molecule has 4 aromatic carbocycles. The van der Waals surface area contributed by atoms with Crippen molar-refractivity contribution in [1.29, 1.82) is 0 Å². The molecular formula is C33H36NO4P. The highest BCUT2D eigenvalue weighted by atomic mass is 31.2. The second-order valence-corrected chi connectivity index (χ2v) is 12.6. The van der Waals surface area contributed by atoms with Crippen LogP contribution in [0.4, 0.5) is 0 Å². The maximum absolute atomic E-state index is 13.6. The highest BCUT2D eigenvalue weighted by molar-refractivity contribution is 7.58. The molecule has 202 valence electrons. The van der Waals surface area contributed by atoms with E-state index in [4.69, 9.17) is 4.74 Å². The molecule has 0 aliphatic carbocycles. The van der Waals surface area contributed by atoms with Gasteiger partial charge in [0.2, 0.25) is 7.37 Å². The lowest BCUT2D eigenvalue weighted by atomic mass is 9.98. The summed E-state index contributed by atoms with van der Waals surface area (Å²) in [4.78, 5) is 24.4. The van der Waals surface area contributed by atoms with Crippen LogP contribution in [0.1, 0.15) is 36.6 Å². The van der Waals surface area contributed by atoms with Crippen molar-refractivity contribution in [2.75, 3.05) is 6.16 Å². The van der Waals surface area contributed by atoms with E-state index in [1.807, 2.05) is 122 Å². The molecule has 4 aromatic rings. The zero-order valence-corrected chi connectivity index (χ0v) is 23.3. The summed E-state index contributed by atoms with van der Waals surface area (Å²) in [5, 5.41) is 3.26. The molecule has 2 N–H and O–H groups in total. The molecule has 5 nitrogen and oxygen atoms in total. The Morgan fingerprint density at radius 3 is 1.92 bits per heavy atom. The van der Waals surface area contributed by atoms with Crippen LogP contribution < -0.4 is 5.32 Å². The Hall–Kier alpha value is -3.50. The number of ether oxygens (including phenoxy) is 1. The summed E-state index contributed by atoms with van der Waals surface area (Å²) < 4.78 is 19.2. The van der Waals surface area contributed by atoms with Gasteiger partial charge in [-0.3, -0.25) is 14.7 Å². The molecule has 4 rings (SSSR count). The van der Waals surface area contributed by atoms with Crippen LogP contribution in [0.25, 0.3) is 11.1 Å². The molecule has 0 amide bonds. The van der Waals surface area contributed by atoms with Gasteiger partial charge in [-0.15, -0.1) is 0 Å². The van der Waals surface area contributed by atoms with Crippen molar-refractivity contribution >= 4 is 13.3 Å². The van der Waals surface area contributed by atoms with Gasteiger partial charge < -0.3 is 9.63 Å². The van der Waals surface area contributed by atoms with Crippen molar-refractivity contribution in [3.63, 3.8) is 0 Å². The van der Waals surface area contributed by atoms with E-state index in [1.54, 1.807) is 6.92 Å². The Morgan fingerprint density at radius 1 is 0.769 bits per heavy atom. The number of benzene rings is 4. The monoisotopic (exact) mass is 541 g/mol. The smallest absolute Gasteiger partial charge is 0.310 e. The van der Waals surface area contributed by atoms with Gasteiger partial charge in [0, 0.05) is 12.2 Å².